The highest BCUT2D eigenvalue weighted by Crippen LogP contribution is 2.20. The topological polar surface area (TPSA) is 40.5 Å². The Kier molecular flexibility index (Phi) is 43.4. The van der Waals surface area contributed by atoms with Crippen LogP contribution in [0.1, 0.15) is 257 Å². The standard InChI is InChI=1S/C43H87ClO2/c44-43(39-35-31-27-23-19-15-11-7-3-1-5-9-13-17-21-25-29-33-37-41-45)40-36-32-28-24-20-16-12-8-4-2-6-10-14-18-22-26-30-34-38-42-46/h43,45-46H,1-42H2. The van der Waals surface area contributed by atoms with Gasteiger partial charge in [-0.15, -0.1) is 11.6 Å². The predicted molar refractivity (Wildman–Crippen MR) is 208 cm³/mol. The third kappa shape index (κ3) is 42.2. The average Bonchev–Trinajstić information content (AvgIpc) is 3.06. The van der Waals surface area contributed by atoms with Gasteiger partial charge < -0.3 is 10.2 Å². The Hall–Kier alpha value is 0.210. The summed E-state index contributed by atoms with van der Waals surface area (Å²) >= 11 is 6.64. The van der Waals surface area contributed by atoms with Crippen LogP contribution >= 0.6 is 11.6 Å². The zero-order chi connectivity index (χ0) is 33.3. The van der Waals surface area contributed by atoms with Crippen LogP contribution in [0.25, 0.3) is 0 Å². The number of aliphatic hydroxyl groups is 2. The van der Waals surface area contributed by atoms with Crippen LogP contribution < -0.4 is 0 Å². The Morgan fingerprint density at radius 2 is 0.348 bits per heavy atom. The summed E-state index contributed by atoms with van der Waals surface area (Å²) in [5.74, 6) is 0. The van der Waals surface area contributed by atoms with Gasteiger partial charge in [-0.3, -0.25) is 0 Å². The van der Waals surface area contributed by atoms with Crippen molar-refractivity contribution in [3.05, 3.63) is 0 Å². The van der Waals surface area contributed by atoms with Crippen molar-refractivity contribution in [2.75, 3.05) is 13.2 Å². The van der Waals surface area contributed by atoms with Crippen LogP contribution in [0.3, 0.4) is 0 Å². The van der Waals surface area contributed by atoms with Gasteiger partial charge in [0.1, 0.15) is 0 Å². The van der Waals surface area contributed by atoms with Gasteiger partial charge in [0.25, 0.3) is 0 Å². The van der Waals surface area contributed by atoms with Crippen LogP contribution in [-0.4, -0.2) is 28.8 Å². The van der Waals surface area contributed by atoms with Gasteiger partial charge in [0.2, 0.25) is 0 Å². The van der Waals surface area contributed by atoms with Crippen LogP contribution in [0, 0.1) is 0 Å². The van der Waals surface area contributed by atoms with Gasteiger partial charge in [0.05, 0.1) is 0 Å². The monoisotopic (exact) mass is 671 g/mol. The number of halogens is 1. The molecule has 0 saturated heterocycles. The maximum absolute atomic E-state index is 8.80. The molecule has 46 heavy (non-hydrogen) atoms. The second-order valence-corrected chi connectivity index (χ2v) is 15.7. The molecule has 0 aromatic carbocycles. The highest BCUT2D eigenvalue weighted by atomic mass is 35.5. The number of hydrogen-bond donors (Lipinski definition) is 2. The molecular weight excluding hydrogens is 584 g/mol. The minimum atomic E-state index is 0.368. The lowest BCUT2D eigenvalue weighted by atomic mass is 10.0. The summed E-state index contributed by atoms with van der Waals surface area (Å²) in [6.07, 6.45) is 55.0. The molecule has 0 fully saturated rings. The van der Waals surface area contributed by atoms with E-state index in [-0.39, 0.29) is 0 Å². The molecule has 0 unspecified atom stereocenters. The maximum Gasteiger partial charge on any atom is 0.0431 e. The van der Waals surface area contributed by atoms with Gasteiger partial charge >= 0.3 is 0 Å². The van der Waals surface area contributed by atoms with Crippen molar-refractivity contribution < 1.29 is 10.2 Å². The van der Waals surface area contributed by atoms with Crippen LogP contribution in [0.2, 0.25) is 0 Å². The van der Waals surface area contributed by atoms with Gasteiger partial charge in [0.15, 0.2) is 0 Å². The van der Waals surface area contributed by atoms with Crippen molar-refractivity contribution in [3.63, 3.8) is 0 Å². The largest absolute Gasteiger partial charge is 0.396 e. The number of rotatable bonds is 42. The SMILES string of the molecule is OCCCCCCCCCCCCCCCCCCCCCC(Cl)CCCCCCCCCCCCCCCCCCCCCO. The smallest absolute Gasteiger partial charge is 0.0431 e. The van der Waals surface area contributed by atoms with Crippen molar-refractivity contribution in [2.24, 2.45) is 0 Å². The summed E-state index contributed by atoms with van der Waals surface area (Å²) in [6.45, 7) is 0.736. The molecule has 3 heteroatoms. The van der Waals surface area contributed by atoms with Crippen molar-refractivity contribution >= 4 is 11.6 Å². The molecule has 0 amide bonds. The molecule has 0 aliphatic heterocycles. The minimum Gasteiger partial charge on any atom is -0.396 e. The Balaban J connectivity index is 3.13. The summed E-state index contributed by atoms with van der Waals surface area (Å²) in [5.41, 5.74) is 0. The van der Waals surface area contributed by atoms with E-state index >= 15 is 0 Å². The molecule has 0 aliphatic carbocycles. The quantitative estimate of drug-likeness (QED) is 0.0501. The molecule has 2 nitrogen and oxygen atoms in total. The first-order chi connectivity index (χ1) is 22.8. The second-order valence-electron chi connectivity index (χ2n) is 15.1. The summed E-state index contributed by atoms with van der Waals surface area (Å²) in [4.78, 5) is 0. The molecule has 0 saturated carbocycles. The Morgan fingerprint density at radius 3 is 0.500 bits per heavy atom. The Morgan fingerprint density at radius 1 is 0.217 bits per heavy atom. The lowest BCUT2D eigenvalue weighted by Crippen LogP contribution is -1.98. The van der Waals surface area contributed by atoms with Crippen molar-refractivity contribution in [1.82, 2.24) is 0 Å². The summed E-state index contributed by atoms with van der Waals surface area (Å²) in [7, 11) is 0. The first-order valence-corrected chi connectivity index (χ1v) is 22.1. The van der Waals surface area contributed by atoms with Crippen molar-refractivity contribution in [1.29, 1.82) is 0 Å². The molecule has 0 aliphatic rings. The van der Waals surface area contributed by atoms with Gasteiger partial charge in [-0.1, -0.05) is 231 Å². The summed E-state index contributed by atoms with van der Waals surface area (Å²) in [6, 6.07) is 0. The molecule has 0 heterocycles. The van der Waals surface area contributed by atoms with E-state index < -0.39 is 0 Å². The van der Waals surface area contributed by atoms with Crippen LogP contribution in [0.5, 0.6) is 0 Å². The maximum atomic E-state index is 8.80. The lowest BCUT2D eigenvalue weighted by Gasteiger charge is -2.09. The van der Waals surface area contributed by atoms with Gasteiger partial charge in [-0.25, -0.2) is 0 Å². The fraction of sp³-hybridized carbons (Fsp3) is 1.00. The minimum absolute atomic E-state index is 0.368. The molecule has 0 spiro atoms. The van der Waals surface area contributed by atoms with E-state index in [1.807, 2.05) is 0 Å². The number of hydrogen-bond acceptors (Lipinski definition) is 2. The molecule has 2 N–H and O–H groups in total. The summed E-state index contributed by atoms with van der Waals surface area (Å²) in [5, 5.41) is 18.0. The molecular formula is C43H87ClO2. The fourth-order valence-electron chi connectivity index (χ4n) is 7.11. The average molecular weight is 672 g/mol. The Bertz CT molecular complexity index is 469. The fourth-order valence-corrected chi connectivity index (χ4v) is 7.42. The molecule has 0 aromatic rings. The van der Waals surface area contributed by atoms with Crippen LogP contribution in [0.4, 0.5) is 0 Å². The molecule has 0 bridgehead atoms. The van der Waals surface area contributed by atoms with E-state index in [0.29, 0.717) is 18.6 Å². The Labute approximate surface area is 296 Å². The van der Waals surface area contributed by atoms with Gasteiger partial charge in [0, 0.05) is 18.6 Å². The highest BCUT2D eigenvalue weighted by Gasteiger charge is 2.04. The van der Waals surface area contributed by atoms with Crippen LogP contribution in [-0.2, 0) is 0 Å². The van der Waals surface area contributed by atoms with Gasteiger partial charge in [-0.2, -0.15) is 0 Å². The van der Waals surface area contributed by atoms with E-state index in [9.17, 15) is 0 Å². The zero-order valence-corrected chi connectivity index (χ0v) is 32.3. The number of aliphatic hydroxyl groups excluding tert-OH is 2. The molecule has 0 atom stereocenters. The van der Waals surface area contributed by atoms with E-state index in [2.05, 4.69) is 0 Å². The molecule has 0 radical (unpaired) electrons. The summed E-state index contributed by atoms with van der Waals surface area (Å²) < 4.78 is 0. The first kappa shape index (κ1) is 46.2. The van der Waals surface area contributed by atoms with E-state index in [1.54, 1.807) is 0 Å². The predicted octanol–water partition coefficient (Wildman–Crippen LogP) is 15.2. The molecule has 0 rings (SSSR count). The zero-order valence-electron chi connectivity index (χ0n) is 31.5. The normalized spacial score (nSPS) is 11.7. The molecule has 278 valence electrons. The number of alkyl halides is 1. The van der Waals surface area contributed by atoms with E-state index in [4.69, 9.17) is 21.8 Å². The third-order valence-electron chi connectivity index (χ3n) is 10.4. The van der Waals surface area contributed by atoms with Crippen molar-refractivity contribution in [2.45, 2.75) is 262 Å². The highest BCUT2D eigenvalue weighted by molar-refractivity contribution is 6.20. The van der Waals surface area contributed by atoms with Crippen LogP contribution in [0.15, 0.2) is 0 Å². The van der Waals surface area contributed by atoms with E-state index in [0.717, 1.165) is 12.8 Å². The second kappa shape index (κ2) is 43.2. The van der Waals surface area contributed by atoms with Crippen molar-refractivity contribution in [3.8, 4) is 0 Å². The number of unbranched alkanes of at least 4 members (excludes halogenated alkanes) is 36. The first-order valence-electron chi connectivity index (χ1n) is 21.7. The molecule has 0 aromatic heterocycles. The van der Waals surface area contributed by atoms with E-state index in [1.165, 1.54) is 244 Å². The third-order valence-corrected chi connectivity index (χ3v) is 10.8. The van der Waals surface area contributed by atoms with Gasteiger partial charge in [-0.05, 0) is 25.7 Å². The lowest BCUT2D eigenvalue weighted by molar-refractivity contribution is 0.282.